The van der Waals surface area contributed by atoms with Crippen LogP contribution in [0.3, 0.4) is 0 Å². The molecule has 0 aliphatic carbocycles. The molecule has 0 bridgehead atoms. The quantitative estimate of drug-likeness (QED) is 0.786. The summed E-state index contributed by atoms with van der Waals surface area (Å²) in [7, 11) is -7.23. The molecule has 0 spiro atoms. The minimum atomic E-state index is -3.97. The molecule has 1 fully saturated rings. The van der Waals surface area contributed by atoms with E-state index in [2.05, 4.69) is 0 Å². The number of nitriles is 1. The molecule has 2 rings (SSSR count). The lowest BCUT2D eigenvalue weighted by molar-refractivity contribution is 0.232. The van der Waals surface area contributed by atoms with Crippen molar-refractivity contribution in [2.45, 2.75) is 17.4 Å². The topological polar surface area (TPSA) is 116 Å². The lowest BCUT2D eigenvalue weighted by Gasteiger charge is -2.26. The normalized spacial score (nSPS) is 20.9. The third-order valence-corrected chi connectivity index (χ3v) is 7.20. The Morgan fingerprint density at radius 1 is 1.41 bits per heavy atom. The molecule has 0 amide bonds. The molecule has 1 saturated heterocycles. The Balaban J connectivity index is 2.40. The second-order valence-electron chi connectivity index (χ2n) is 5.04. The molecule has 1 aliphatic rings. The first-order chi connectivity index (χ1) is 10.3. The monoisotopic (exact) mass is 344 g/mol. The molecule has 1 aromatic carbocycles. The van der Waals surface area contributed by atoms with E-state index in [-0.39, 0.29) is 34.9 Å². The Hall–Kier alpha value is -1.47. The van der Waals surface area contributed by atoms with Gasteiger partial charge in [-0.3, -0.25) is 0 Å². The summed E-state index contributed by atoms with van der Waals surface area (Å²) >= 11 is 0. The standard InChI is InChI=1S/C13H16N2O5S2/c14-9-11-2-1-3-13(8-11)22(19,20)15(5-6-16)12-4-7-21(17,18)10-12/h1-3,8,12,16H,4-7,10H2/t12-/m0/s1. The summed E-state index contributed by atoms with van der Waals surface area (Å²) in [5.41, 5.74) is 0.198. The molecule has 1 aromatic rings. The summed E-state index contributed by atoms with van der Waals surface area (Å²) in [5.74, 6) is -0.308. The van der Waals surface area contributed by atoms with E-state index >= 15 is 0 Å². The summed E-state index contributed by atoms with van der Waals surface area (Å²) in [4.78, 5) is -0.0794. The van der Waals surface area contributed by atoms with E-state index < -0.39 is 32.5 Å². The molecule has 0 saturated carbocycles. The van der Waals surface area contributed by atoms with Crippen LogP contribution in [-0.2, 0) is 19.9 Å². The van der Waals surface area contributed by atoms with Gasteiger partial charge in [-0.2, -0.15) is 9.57 Å². The predicted octanol–water partition coefficient (Wildman–Crippen LogP) is -0.272. The molecule has 7 nitrogen and oxygen atoms in total. The van der Waals surface area contributed by atoms with Gasteiger partial charge in [-0.1, -0.05) is 6.07 Å². The summed E-state index contributed by atoms with van der Waals surface area (Å²) in [6.07, 6.45) is 0.208. The molecule has 0 unspecified atom stereocenters. The molecular formula is C13H16N2O5S2. The van der Waals surface area contributed by atoms with Crippen molar-refractivity contribution >= 4 is 19.9 Å². The lowest BCUT2D eigenvalue weighted by Crippen LogP contribution is -2.42. The molecule has 0 aromatic heterocycles. The van der Waals surface area contributed by atoms with Crippen LogP contribution in [0.2, 0.25) is 0 Å². The maximum Gasteiger partial charge on any atom is 0.243 e. The first-order valence-electron chi connectivity index (χ1n) is 6.63. The molecule has 22 heavy (non-hydrogen) atoms. The van der Waals surface area contributed by atoms with Gasteiger partial charge in [0.2, 0.25) is 10.0 Å². The predicted molar refractivity (Wildman–Crippen MR) is 79.2 cm³/mol. The van der Waals surface area contributed by atoms with Crippen LogP contribution in [0.4, 0.5) is 0 Å². The minimum Gasteiger partial charge on any atom is -0.395 e. The minimum absolute atomic E-state index is 0.0622. The fourth-order valence-corrected chi connectivity index (χ4v) is 5.98. The Morgan fingerprint density at radius 2 is 2.14 bits per heavy atom. The van der Waals surface area contributed by atoms with Gasteiger partial charge in [0.15, 0.2) is 9.84 Å². The second kappa shape index (κ2) is 6.34. The second-order valence-corrected chi connectivity index (χ2v) is 9.16. The first-order valence-corrected chi connectivity index (χ1v) is 9.89. The van der Waals surface area contributed by atoms with Gasteiger partial charge in [0.25, 0.3) is 0 Å². The van der Waals surface area contributed by atoms with Gasteiger partial charge in [0.05, 0.1) is 34.6 Å². The zero-order chi connectivity index (χ0) is 16.4. The molecular weight excluding hydrogens is 328 g/mol. The zero-order valence-corrected chi connectivity index (χ0v) is 13.3. The van der Waals surface area contributed by atoms with Crippen LogP contribution in [0.1, 0.15) is 12.0 Å². The number of hydrogen-bond acceptors (Lipinski definition) is 6. The highest BCUT2D eigenvalue weighted by Gasteiger charge is 2.38. The van der Waals surface area contributed by atoms with Crippen molar-refractivity contribution < 1.29 is 21.9 Å². The van der Waals surface area contributed by atoms with Crippen LogP contribution >= 0.6 is 0 Å². The average molecular weight is 344 g/mol. The van der Waals surface area contributed by atoms with Crippen LogP contribution in [0.15, 0.2) is 29.2 Å². The van der Waals surface area contributed by atoms with E-state index in [9.17, 15) is 16.8 Å². The Bertz CT molecular complexity index is 796. The van der Waals surface area contributed by atoms with E-state index in [4.69, 9.17) is 10.4 Å². The van der Waals surface area contributed by atoms with Crippen LogP contribution in [0.5, 0.6) is 0 Å². The maximum atomic E-state index is 12.7. The molecule has 1 aliphatic heterocycles. The summed E-state index contributed by atoms with van der Waals surface area (Å²) in [6.45, 7) is -0.590. The zero-order valence-electron chi connectivity index (χ0n) is 11.7. The number of benzene rings is 1. The van der Waals surface area contributed by atoms with Crippen LogP contribution in [-0.4, -0.2) is 56.9 Å². The van der Waals surface area contributed by atoms with Crippen LogP contribution < -0.4 is 0 Å². The van der Waals surface area contributed by atoms with E-state index in [1.807, 2.05) is 6.07 Å². The SMILES string of the molecule is N#Cc1cccc(S(=O)(=O)N(CCO)[C@H]2CCS(=O)(=O)C2)c1. The molecule has 1 atom stereocenters. The number of aliphatic hydroxyl groups is 1. The fourth-order valence-electron chi connectivity index (χ4n) is 2.46. The highest BCUT2D eigenvalue weighted by molar-refractivity contribution is 7.92. The van der Waals surface area contributed by atoms with Gasteiger partial charge in [-0.25, -0.2) is 16.8 Å². The fraction of sp³-hybridized carbons (Fsp3) is 0.462. The van der Waals surface area contributed by atoms with Crippen molar-refractivity contribution in [3.63, 3.8) is 0 Å². The summed E-state index contributed by atoms with van der Waals surface area (Å²) in [6, 6.07) is 6.70. The van der Waals surface area contributed by atoms with E-state index in [1.54, 1.807) is 0 Å². The van der Waals surface area contributed by atoms with Crippen molar-refractivity contribution in [3.05, 3.63) is 29.8 Å². The van der Waals surface area contributed by atoms with Crippen molar-refractivity contribution in [1.29, 1.82) is 5.26 Å². The highest BCUT2D eigenvalue weighted by Crippen LogP contribution is 2.25. The third-order valence-electron chi connectivity index (χ3n) is 3.51. The number of aliphatic hydroxyl groups excluding tert-OH is 1. The van der Waals surface area contributed by atoms with Gasteiger partial charge in [-0.15, -0.1) is 0 Å². The molecule has 1 N–H and O–H groups in total. The Labute approximate surface area is 129 Å². The van der Waals surface area contributed by atoms with E-state index in [0.717, 1.165) is 4.31 Å². The number of sulfonamides is 1. The lowest BCUT2D eigenvalue weighted by atomic mass is 10.2. The van der Waals surface area contributed by atoms with Crippen molar-refractivity contribution in [2.75, 3.05) is 24.7 Å². The smallest absolute Gasteiger partial charge is 0.243 e. The number of rotatable bonds is 5. The van der Waals surface area contributed by atoms with E-state index in [0.29, 0.717) is 0 Å². The third kappa shape index (κ3) is 3.47. The maximum absolute atomic E-state index is 12.7. The summed E-state index contributed by atoms with van der Waals surface area (Å²) in [5, 5.41) is 18.0. The van der Waals surface area contributed by atoms with Gasteiger partial charge >= 0.3 is 0 Å². The van der Waals surface area contributed by atoms with Crippen molar-refractivity contribution in [2.24, 2.45) is 0 Å². The Morgan fingerprint density at radius 3 is 2.68 bits per heavy atom. The van der Waals surface area contributed by atoms with Gasteiger partial charge in [0.1, 0.15) is 0 Å². The average Bonchev–Trinajstić information content (AvgIpc) is 2.84. The van der Waals surface area contributed by atoms with Crippen molar-refractivity contribution in [3.8, 4) is 6.07 Å². The van der Waals surface area contributed by atoms with Gasteiger partial charge in [0, 0.05) is 12.6 Å². The number of hydrogen-bond donors (Lipinski definition) is 1. The summed E-state index contributed by atoms with van der Waals surface area (Å²) < 4.78 is 49.6. The van der Waals surface area contributed by atoms with Gasteiger partial charge in [-0.05, 0) is 24.6 Å². The Kier molecular flexibility index (Phi) is 4.87. The molecule has 9 heteroatoms. The number of sulfone groups is 1. The highest BCUT2D eigenvalue weighted by atomic mass is 32.2. The van der Waals surface area contributed by atoms with Gasteiger partial charge < -0.3 is 5.11 Å². The molecule has 1 heterocycles. The molecule has 0 radical (unpaired) electrons. The van der Waals surface area contributed by atoms with Crippen LogP contribution in [0, 0.1) is 11.3 Å². The largest absolute Gasteiger partial charge is 0.395 e. The molecule has 120 valence electrons. The van der Waals surface area contributed by atoms with Crippen molar-refractivity contribution in [1.82, 2.24) is 4.31 Å². The van der Waals surface area contributed by atoms with E-state index in [1.165, 1.54) is 24.3 Å². The first kappa shape index (κ1) is 16.9. The number of nitrogens with zero attached hydrogens (tertiary/aromatic N) is 2. The van der Waals surface area contributed by atoms with Crippen LogP contribution in [0.25, 0.3) is 0 Å².